The number of rotatable bonds is 7. The molecule has 1 aromatic carbocycles. The lowest BCUT2D eigenvalue weighted by Gasteiger charge is -2.39. The molecule has 0 spiro atoms. The number of nitrogens with one attached hydrogen (secondary N) is 3. The van der Waals surface area contributed by atoms with E-state index in [-0.39, 0.29) is 29.5 Å². The fraction of sp³-hybridized carbons (Fsp3) is 0.696. The van der Waals surface area contributed by atoms with Crippen molar-refractivity contribution in [3.05, 3.63) is 35.9 Å². The van der Waals surface area contributed by atoms with Crippen molar-refractivity contribution < 1.29 is 0 Å². The zero-order valence-corrected chi connectivity index (χ0v) is 20.9. The Balaban J connectivity index is 0.00000300. The number of piperidine rings is 1. The summed E-state index contributed by atoms with van der Waals surface area (Å²) < 4.78 is 0. The van der Waals surface area contributed by atoms with Crippen molar-refractivity contribution in [2.75, 3.05) is 19.6 Å². The SMILES string of the molecule is CCNC(=NCCNC(C)(C)C)NC1CC2CCC(C1)N2Cc1ccccc1.I. The smallest absolute Gasteiger partial charge is 0.191 e. The summed E-state index contributed by atoms with van der Waals surface area (Å²) in [5, 5.41) is 10.7. The molecule has 3 N–H and O–H groups in total. The molecule has 3 rings (SSSR count). The Morgan fingerprint density at radius 2 is 1.76 bits per heavy atom. The number of benzene rings is 1. The van der Waals surface area contributed by atoms with Crippen LogP contribution in [0.2, 0.25) is 0 Å². The van der Waals surface area contributed by atoms with E-state index in [1.54, 1.807) is 0 Å². The second-order valence-corrected chi connectivity index (χ2v) is 9.29. The van der Waals surface area contributed by atoms with Crippen molar-refractivity contribution in [3.8, 4) is 0 Å². The Morgan fingerprint density at radius 3 is 2.34 bits per heavy atom. The van der Waals surface area contributed by atoms with E-state index in [4.69, 9.17) is 4.99 Å². The van der Waals surface area contributed by atoms with E-state index in [0.717, 1.165) is 32.1 Å². The second kappa shape index (κ2) is 11.5. The normalized spacial score (nSPS) is 24.8. The molecule has 0 amide bonds. The first kappa shape index (κ1) is 24.4. The standard InChI is InChI=1S/C23H39N5.HI/c1-5-24-22(25-13-14-26-23(2,3)4)27-19-15-20-11-12-21(16-19)28(20)17-18-9-7-6-8-10-18;/h6-10,19-21,26H,5,11-17H2,1-4H3,(H2,24,25,27);1H. The molecule has 0 aliphatic carbocycles. The maximum Gasteiger partial charge on any atom is 0.191 e. The maximum absolute atomic E-state index is 4.79. The van der Waals surface area contributed by atoms with E-state index in [1.807, 2.05) is 0 Å². The van der Waals surface area contributed by atoms with Gasteiger partial charge in [-0.15, -0.1) is 24.0 Å². The van der Waals surface area contributed by atoms with Crippen molar-refractivity contribution >= 4 is 29.9 Å². The molecule has 0 radical (unpaired) electrons. The molecular formula is C23H40IN5. The Kier molecular flexibility index (Phi) is 9.69. The van der Waals surface area contributed by atoms with Crippen molar-refractivity contribution in [2.24, 2.45) is 4.99 Å². The highest BCUT2D eigenvalue weighted by Crippen LogP contribution is 2.36. The van der Waals surface area contributed by atoms with Crippen LogP contribution in [0.15, 0.2) is 35.3 Å². The quantitative estimate of drug-likeness (QED) is 0.225. The Hall–Kier alpha value is -0.860. The molecule has 1 aromatic rings. The summed E-state index contributed by atoms with van der Waals surface area (Å²) in [5.74, 6) is 0.971. The van der Waals surface area contributed by atoms with E-state index < -0.39 is 0 Å². The third-order valence-electron chi connectivity index (χ3n) is 5.81. The van der Waals surface area contributed by atoms with Gasteiger partial charge < -0.3 is 16.0 Å². The first-order valence-corrected chi connectivity index (χ1v) is 11.0. The van der Waals surface area contributed by atoms with Gasteiger partial charge in [0.05, 0.1) is 6.54 Å². The van der Waals surface area contributed by atoms with Gasteiger partial charge in [-0.2, -0.15) is 0 Å². The van der Waals surface area contributed by atoms with Gasteiger partial charge in [0.2, 0.25) is 0 Å². The van der Waals surface area contributed by atoms with Crippen LogP contribution in [0, 0.1) is 0 Å². The van der Waals surface area contributed by atoms with Gasteiger partial charge in [-0.3, -0.25) is 9.89 Å². The molecule has 2 aliphatic heterocycles. The van der Waals surface area contributed by atoms with Crippen LogP contribution in [-0.2, 0) is 6.54 Å². The third kappa shape index (κ3) is 7.72. The fourth-order valence-corrected chi connectivity index (χ4v) is 4.56. The first-order chi connectivity index (χ1) is 13.4. The van der Waals surface area contributed by atoms with E-state index >= 15 is 0 Å². The molecule has 2 saturated heterocycles. The van der Waals surface area contributed by atoms with Crippen LogP contribution in [0.3, 0.4) is 0 Å². The lowest BCUT2D eigenvalue weighted by atomic mass is 9.96. The van der Waals surface area contributed by atoms with Gasteiger partial charge in [0.1, 0.15) is 0 Å². The summed E-state index contributed by atoms with van der Waals surface area (Å²) in [6.45, 7) is 12.4. The molecule has 0 aromatic heterocycles. The minimum atomic E-state index is 0. The van der Waals surface area contributed by atoms with Crippen molar-refractivity contribution in [1.82, 2.24) is 20.9 Å². The minimum absolute atomic E-state index is 0. The summed E-state index contributed by atoms with van der Waals surface area (Å²) in [6, 6.07) is 12.8. The van der Waals surface area contributed by atoms with Crippen molar-refractivity contribution in [1.29, 1.82) is 0 Å². The highest BCUT2D eigenvalue weighted by atomic mass is 127. The molecular weight excluding hydrogens is 473 g/mol. The van der Waals surface area contributed by atoms with Crippen molar-refractivity contribution in [3.63, 3.8) is 0 Å². The third-order valence-corrected chi connectivity index (χ3v) is 5.81. The zero-order valence-electron chi connectivity index (χ0n) is 18.6. The van der Waals surface area contributed by atoms with Crippen LogP contribution in [-0.4, -0.2) is 54.2 Å². The predicted octanol–water partition coefficient (Wildman–Crippen LogP) is 3.74. The molecule has 0 saturated carbocycles. The van der Waals surface area contributed by atoms with Crippen LogP contribution in [0.1, 0.15) is 58.9 Å². The molecule has 2 bridgehead atoms. The van der Waals surface area contributed by atoms with Gasteiger partial charge in [-0.05, 0) is 58.9 Å². The van der Waals surface area contributed by atoms with E-state index in [2.05, 4.69) is 78.9 Å². The first-order valence-electron chi connectivity index (χ1n) is 11.0. The topological polar surface area (TPSA) is 51.7 Å². The Bertz CT molecular complexity index is 614. The van der Waals surface area contributed by atoms with E-state index in [0.29, 0.717) is 18.1 Å². The summed E-state index contributed by atoms with van der Waals surface area (Å²) >= 11 is 0. The second-order valence-electron chi connectivity index (χ2n) is 9.29. The lowest BCUT2D eigenvalue weighted by Crippen LogP contribution is -2.52. The number of halogens is 1. The van der Waals surface area contributed by atoms with E-state index in [9.17, 15) is 0 Å². The maximum atomic E-state index is 4.79. The van der Waals surface area contributed by atoms with Gasteiger partial charge in [0.25, 0.3) is 0 Å². The monoisotopic (exact) mass is 513 g/mol. The van der Waals surface area contributed by atoms with Crippen LogP contribution >= 0.6 is 24.0 Å². The molecule has 5 nitrogen and oxygen atoms in total. The van der Waals surface area contributed by atoms with Crippen LogP contribution in [0.25, 0.3) is 0 Å². The Labute approximate surface area is 194 Å². The largest absolute Gasteiger partial charge is 0.357 e. The molecule has 6 heteroatoms. The van der Waals surface area contributed by atoms with Crippen LogP contribution < -0.4 is 16.0 Å². The fourth-order valence-electron chi connectivity index (χ4n) is 4.56. The van der Waals surface area contributed by atoms with E-state index in [1.165, 1.54) is 31.2 Å². The summed E-state index contributed by atoms with van der Waals surface area (Å²) in [6.07, 6.45) is 5.10. The summed E-state index contributed by atoms with van der Waals surface area (Å²) in [5.41, 5.74) is 1.58. The van der Waals surface area contributed by atoms with Gasteiger partial charge in [-0.25, -0.2) is 0 Å². The van der Waals surface area contributed by atoms with Gasteiger partial charge in [0.15, 0.2) is 5.96 Å². The number of fused-ring (bicyclic) bond motifs is 2. The highest BCUT2D eigenvalue weighted by Gasteiger charge is 2.40. The molecule has 2 atom stereocenters. The average molecular weight is 514 g/mol. The number of hydrogen-bond donors (Lipinski definition) is 3. The molecule has 2 unspecified atom stereocenters. The van der Waals surface area contributed by atoms with Crippen LogP contribution in [0.5, 0.6) is 0 Å². The molecule has 29 heavy (non-hydrogen) atoms. The van der Waals surface area contributed by atoms with Gasteiger partial charge >= 0.3 is 0 Å². The molecule has 2 fully saturated rings. The summed E-state index contributed by atoms with van der Waals surface area (Å²) in [4.78, 5) is 7.53. The summed E-state index contributed by atoms with van der Waals surface area (Å²) in [7, 11) is 0. The zero-order chi connectivity index (χ0) is 20.0. The number of nitrogens with zero attached hydrogens (tertiary/aromatic N) is 2. The number of aliphatic imine (C=N–C) groups is 1. The lowest BCUT2D eigenvalue weighted by molar-refractivity contribution is 0.114. The predicted molar refractivity (Wildman–Crippen MR) is 134 cm³/mol. The highest BCUT2D eigenvalue weighted by molar-refractivity contribution is 14.0. The van der Waals surface area contributed by atoms with Crippen molar-refractivity contribution in [2.45, 2.75) is 83.6 Å². The van der Waals surface area contributed by atoms with Gasteiger partial charge in [-0.1, -0.05) is 30.3 Å². The number of hydrogen-bond acceptors (Lipinski definition) is 3. The minimum Gasteiger partial charge on any atom is -0.357 e. The average Bonchev–Trinajstić information content (AvgIpc) is 2.88. The van der Waals surface area contributed by atoms with Crippen LogP contribution in [0.4, 0.5) is 0 Å². The molecule has 2 heterocycles. The molecule has 2 aliphatic rings. The Morgan fingerprint density at radius 1 is 1.10 bits per heavy atom. The van der Waals surface area contributed by atoms with Gasteiger partial charge in [0, 0.05) is 43.3 Å². The number of guanidine groups is 1. The molecule has 164 valence electrons.